The van der Waals surface area contributed by atoms with Crippen LogP contribution in [0.25, 0.3) is 0 Å². The zero-order chi connectivity index (χ0) is 13.7. The summed E-state index contributed by atoms with van der Waals surface area (Å²) in [6.07, 6.45) is 2.02. The predicted molar refractivity (Wildman–Crippen MR) is 70.5 cm³/mol. The molecular weight excluding hydrogens is 286 g/mol. The number of thiophene rings is 1. The van der Waals surface area contributed by atoms with E-state index in [2.05, 4.69) is 0 Å². The second kappa shape index (κ2) is 4.29. The number of hydrogen-bond acceptors (Lipinski definition) is 4. The second-order valence-electron chi connectivity index (χ2n) is 5.32. The minimum atomic E-state index is -3.38. The highest BCUT2D eigenvalue weighted by molar-refractivity contribution is 7.89. The normalized spacial score (nSPS) is 26.4. The molecule has 1 spiro atoms. The molecule has 0 aromatic carbocycles. The lowest BCUT2D eigenvalue weighted by Gasteiger charge is -2.31. The molecule has 1 saturated carbocycles. The van der Waals surface area contributed by atoms with Crippen molar-refractivity contribution in [2.75, 3.05) is 13.1 Å². The average molecular weight is 301 g/mol. The average Bonchev–Trinajstić information content (AvgIpc) is 2.84. The lowest BCUT2D eigenvalue weighted by molar-refractivity contribution is -0.139. The molecule has 1 aliphatic carbocycles. The Morgan fingerprint density at radius 3 is 2.58 bits per heavy atom. The van der Waals surface area contributed by atoms with Crippen molar-refractivity contribution in [1.82, 2.24) is 4.31 Å². The van der Waals surface area contributed by atoms with Gasteiger partial charge in [0.25, 0.3) is 0 Å². The molecule has 1 aromatic rings. The Morgan fingerprint density at radius 1 is 1.42 bits per heavy atom. The summed E-state index contributed by atoms with van der Waals surface area (Å²) in [6.45, 7) is 0.865. The van der Waals surface area contributed by atoms with E-state index in [0.29, 0.717) is 37.2 Å². The molecule has 3 rings (SSSR count). The number of carbonyl (C=O) groups is 1. The lowest BCUT2D eigenvalue weighted by atomic mass is 9.92. The standard InChI is InChI=1S/C12H15NO4S2/c14-11(15)10-7-12(10)2-4-13(5-3-12)19(16,17)9-1-6-18-8-9/h1,6,8,10H,2-5,7H2,(H,14,15). The van der Waals surface area contributed by atoms with Crippen LogP contribution < -0.4 is 0 Å². The van der Waals surface area contributed by atoms with E-state index in [0.717, 1.165) is 0 Å². The summed E-state index contributed by atoms with van der Waals surface area (Å²) < 4.78 is 26.1. The van der Waals surface area contributed by atoms with Gasteiger partial charge in [-0.2, -0.15) is 15.6 Å². The Labute approximate surface area is 115 Å². The SMILES string of the molecule is O=C(O)C1CC12CCN(S(=O)(=O)c1ccsc1)CC2. The van der Waals surface area contributed by atoms with Crippen LogP contribution in [-0.2, 0) is 14.8 Å². The van der Waals surface area contributed by atoms with Gasteiger partial charge in [-0.1, -0.05) is 0 Å². The summed E-state index contributed by atoms with van der Waals surface area (Å²) in [5.74, 6) is -1.01. The van der Waals surface area contributed by atoms with E-state index >= 15 is 0 Å². The molecule has 1 aromatic heterocycles. The maximum Gasteiger partial charge on any atom is 0.307 e. The molecule has 0 bridgehead atoms. The maximum absolute atomic E-state index is 12.3. The smallest absolute Gasteiger partial charge is 0.307 e. The Kier molecular flexibility index (Phi) is 2.95. The summed E-state index contributed by atoms with van der Waals surface area (Å²) in [7, 11) is -3.38. The molecule has 19 heavy (non-hydrogen) atoms. The Bertz CT molecular complexity index is 585. The molecule has 5 nitrogen and oxygen atoms in total. The van der Waals surface area contributed by atoms with Crippen LogP contribution in [0.15, 0.2) is 21.7 Å². The largest absolute Gasteiger partial charge is 0.481 e. The molecule has 1 unspecified atom stereocenters. The lowest BCUT2D eigenvalue weighted by Crippen LogP contribution is -2.39. The van der Waals surface area contributed by atoms with Gasteiger partial charge in [-0.05, 0) is 36.1 Å². The van der Waals surface area contributed by atoms with Crippen molar-refractivity contribution in [2.24, 2.45) is 11.3 Å². The second-order valence-corrected chi connectivity index (χ2v) is 8.04. The summed E-state index contributed by atoms with van der Waals surface area (Å²) in [6, 6.07) is 1.61. The number of sulfonamides is 1. The van der Waals surface area contributed by atoms with Crippen LogP contribution in [0, 0.1) is 11.3 Å². The van der Waals surface area contributed by atoms with Crippen molar-refractivity contribution in [2.45, 2.75) is 24.2 Å². The first-order valence-corrected chi connectivity index (χ1v) is 8.59. The van der Waals surface area contributed by atoms with Gasteiger partial charge in [-0.15, -0.1) is 0 Å². The van der Waals surface area contributed by atoms with Gasteiger partial charge in [0.1, 0.15) is 0 Å². The van der Waals surface area contributed by atoms with Gasteiger partial charge in [0.15, 0.2) is 0 Å². The number of piperidine rings is 1. The highest BCUT2D eigenvalue weighted by Crippen LogP contribution is 2.59. The van der Waals surface area contributed by atoms with E-state index in [4.69, 9.17) is 5.11 Å². The van der Waals surface area contributed by atoms with Crippen LogP contribution in [0.4, 0.5) is 0 Å². The number of nitrogens with zero attached hydrogens (tertiary/aromatic N) is 1. The fourth-order valence-corrected chi connectivity index (χ4v) is 5.43. The van der Waals surface area contributed by atoms with E-state index in [-0.39, 0.29) is 11.3 Å². The highest BCUT2D eigenvalue weighted by Gasteiger charge is 2.59. The van der Waals surface area contributed by atoms with E-state index in [1.165, 1.54) is 15.6 Å². The van der Waals surface area contributed by atoms with Crippen molar-refractivity contribution in [3.8, 4) is 0 Å². The number of rotatable bonds is 3. The fraction of sp³-hybridized carbons (Fsp3) is 0.583. The van der Waals surface area contributed by atoms with Crippen molar-refractivity contribution in [3.63, 3.8) is 0 Å². The van der Waals surface area contributed by atoms with Gasteiger partial charge < -0.3 is 5.11 Å². The number of hydrogen-bond donors (Lipinski definition) is 1. The molecular formula is C12H15NO4S2. The molecule has 1 aliphatic heterocycles. The van der Waals surface area contributed by atoms with E-state index in [9.17, 15) is 13.2 Å². The van der Waals surface area contributed by atoms with E-state index in [1.54, 1.807) is 16.8 Å². The van der Waals surface area contributed by atoms with Gasteiger partial charge in [0.05, 0.1) is 10.8 Å². The third-order valence-electron chi connectivity index (χ3n) is 4.34. The van der Waals surface area contributed by atoms with Crippen molar-refractivity contribution in [3.05, 3.63) is 16.8 Å². The minimum absolute atomic E-state index is 0.132. The van der Waals surface area contributed by atoms with Crippen molar-refractivity contribution >= 4 is 27.3 Å². The molecule has 0 radical (unpaired) electrons. The molecule has 1 atom stereocenters. The number of aliphatic carboxylic acids is 1. The highest BCUT2D eigenvalue weighted by atomic mass is 32.2. The summed E-state index contributed by atoms with van der Waals surface area (Å²) in [5, 5.41) is 12.4. The Hall–Kier alpha value is -0.920. The van der Waals surface area contributed by atoms with Crippen LogP contribution in [0.1, 0.15) is 19.3 Å². The number of carboxylic acids is 1. The molecule has 1 saturated heterocycles. The topological polar surface area (TPSA) is 74.7 Å². The minimum Gasteiger partial charge on any atom is -0.481 e. The molecule has 2 heterocycles. The molecule has 104 valence electrons. The van der Waals surface area contributed by atoms with Crippen LogP contribution in [-0.4, -0.2) is 36.9 Å². The summed E-state index contributed by atoms with van der Waals surface area (Å²) in [4.78, 5) is 11.3. The Morgan fingerprint density at radius 2 is 2.11 bits per heavy atom. The molecule has 7 heteroatoms. The number of carboxylic acid groups (broad SMARTS) is 1. The molecule has 2 aliphatic rings. The van der Waals surface area contributed by atoms with Gasteiger partial charge in [-0.25, -0.2) is 8.42 Å². The van der Waals surface area contributed by atoms with Crippen LogP contribution in [0.3, 0.4) is 0 Å². The van der Waals surface area contributed by atoms with Crippen LogP contribution in [0.2, 0.25) is 0 Å². The maximum atomic E-state index is 12.3. The van der Waals surface area contributed by atoms with Gasteiger partial charge in [-0.3, -0.25) is 4.79 Å². The van der Waals surface area contributed by atoms with Crippen molar-refractivity contribution in [1.29, 1.82) is 0 Å². The fourth-order valence-electron chi connectivity index (χ4n) is 2.97. The van der Waals surface area contributed by atoms with E-state index < -0.39 is 16.0 Å². The van der Waals surface area contributed by atoms with Crippen LogP contribution in [0.5, 0.6) is 0 Å². The van der Waals surface area contributed by atoms with Crippen LogP contribution >= 0.6 is 11.3 Å². The van der Waals surface area contributed by atoms with Crippen molar-refractivity contribution < 1.29 is 18.3 Å². The quantitative estimate of drug-likeness (QED) is 0.920. The Balaban J connectivity index is 1.70. The van der Waals surface area contributed by atoms with Gasteiger partial charge in [0.2, 0.25) is 10.0 Å². The molecule has 1 N–H and O–H groups in total. The molecule has 2 fully saturated rings. The van der Waals surface area contributed by atoms with Gasteiger partial charge >= 0.3 is 5.97 Å². The third-order valence-corrected chi connectivity index (χ3v) is 7.07. The first-order chi connectivity index (χ1) is 8.96. The van der Waals surface area contributed by atoms with Gasteiger partial charge in [0, 0.05) is 18.5 Å². The zero-order valence-electron chi connectivity index (χ0n) is 10.3. The summed E-state index contributed by atoms with van der Waals surface area (Å²) in [5.41, 5.74) is -0.132. The third kappa shape index (κ3) is 2.09. The zero-order valence-corrected chi connectivity index (χ0v) is 11.9. The van der Waals surface area contributed by atoms with E-state index in [1.807, 2.05) is 0 Å². The monoisotopic (exact) mass is 301 g/mol. The summed E-state index contributed by atoms with van der Waals surface area (Å²) >= 11 is 1.36. The predicted octanol–water partition coefficient (Wildman–Crippen LogP) is 1.62. The first-order valence-electron chi connectivity index (χ1n) is 6.21. The molecule has 0 amide bonds. The first kappa shape index (κ1) is 13.1.